The van der Waals surface area contributed by atoms with Gasteiger partial charge in [-0.3, -0.25) is 9.78 Å². The van der Waals surface area contributed by atoms with E-state index in [1.54, 1.807) is 29.4 Å². The minimum Gasteiger partial charge on any atom is -0.355 e. The van der Waals surface area contributed by atoms with Crippen molar-refractivity contribution < 1.29 is 18.0 Å². The molecular weight excluding hydrogens is 411 g/mol. The molecule has 11 heteroatoms. The highest BCUT2D eigenvalue weighted by Crippen LogP contribution is 2.29. The zero-order valence-electron chi connectivity index (χ0n) is 17.1. The maximum Gasteiger partial charge on any atom is 0.453 e. The summed E-state index contributed by atoms with van der Waals surface area (Å²) in [6.45, 7) is 4.93. The maximum absolute atomic E-state index is 13.2. The van der Waals surface area contributed by atoms with E-state index in [0.717, 1.165) is 10.2 Å². The lowest BCUT2D eigenvalue weighted by atomic mass is 9.94. The van der Waals surface area contributed by atoms with Gasteiger partial charge in [-0.15, -0.1) is 15.3 Å². The second-order valence-electron chi connectivity index (χ2n) is 7.76. The molecule has 1 amide bonds. The van der Waals surface area contributed by atoms with E-state index >= 15 is 0 Å². The third-order valence-corrected chi connectivity index (χ3v) is 5.35. The minimum absolute atomic E-state index is 0.0201. The van der Waals surface area contributed by atoms with E-state index in [0.29, 0.717) is 31.7 Å². The first-order valence-electron chi connectivity index (χ1n) is 10.0. The van der Waals surface area contributed by atoms with E-state index in [-0.39, 0.29) is 23.5 Å². The zero-order chi connectivity index (χ0) is 22.2. The van der Waals surface area contributed by atoms with Gasteiger partial charge < -0.3 is 9.80 Å². The Labute approximate surface area is 176 Å². The first-order chi connectivity index (χ1) is 14.8. The van der Waals surface area contributed by atoms with Crippen LogP contribution in [0.4, 0.5) is 24.7 Å². The Balaban J connectivity index is 1.49. The molecule has 1 saturated heterocycles. The van der Waals surface area contributed by atoms with Crippen molar-refractivity contribution in [1.82, 2.24) is 24.8 Å². The summed E-state index contributed by atoms with van der Waals surface area (Å²) >= 11 is 0. The Hall–Kier alpha value is -3.24. The van der Waals surface area contributed by atoms with E-state index in [4.69, 9.17) is 0 Å². The molecule has 1 aliphatic heterocycles. The molecule has 0 bridgehead atoms. The number of fused-ring (bicyclic) bond motifs is 1. The smallest absolute Gasteiger partial charge is 0.355 e. The van der Waals surface area contributed by atoms with E-state index < -0.39 is 12.0 Å². The predicted molar refractivity (Wildman–Crippen MR) is 108 cm³/mol. The molecule has 31 heavy (non-hydrogen) atoms. The molecule has 1 aliphatic rings. The Kier molecular flexibility index (Phi) is 5.50. The van der Waals surface area contributed by atoms with Crippen LogP contribution in [0.25, 0.3) is 5.65 Å². The molecule has 8 nitrogen and oxygen atoms in total. The van der Waals surface area contributed by atoms with Crippen molar-refractivity contribution in [3.63, 3.8) is 0 Å². The number of anilines is 2. The molecule has 1 fully saturated rings. The summed E-state index contributed by atoms with van der Waals surface area (Å²) in [5.41, 5.74) is 0.787. The quantitative estimate of drug-likeness (QED) is 0.629. The van der Waals surface area contributed by atoms with Crippen LogP contribution in [0.1, 0.15) is 32.5 Å². The number of hydrogen-bond acceptors (Lipinski definition) is 6. The van der Waals surface area contributed by atoms with E-state index in [1.807, 2.05) is 24.8 Å². The predicted octanol–water partition coefficient (Wildman–Crippen LogP) is 3.20. The second-order valence-corrected chi connectivity index (χ2v) is 7.76. The summed E-state index contributed by atoms with van der Waals surface area (Å²) in [4.78, 5) is 20.9. The molecule has 3 aromatic heterocycles. The third-order valence-electron chi connectivity index (χ3n) is 5.35. The van der Waals surface area contributed by atoms with Gasteiger partial charge in [0.05, 0.1) is 11.9 Å². The Morgan fingerprint density at radius 3 is 2.52 bits per heavy atom. The number of carbonyl (C=O) groups excluding carboxylic acids is 1. The SMILES string of the molecule is CC(C)N(C(=O)C1CCN(c2ccc3nnc(C(F)(F)F)n3n2)CC1)c1cccnc1. The molecule has 0 atom stereocenters. The Morgan fingerprint density at radius 1 is 1.16 bits per heavy atom. The number of hydrogen-bond donors (Lipinski definition) is 0. The van der Waals surface area contributed by atoms with Crippen LogP contribution in [0.2, 0.25) is 0 Å². The van der Waals surface area contributed by atoms with Crippen molar-refractivity contribution in [3.8, 4) is 0 Å². The number of aromatic nitrogens is 5. The van der Waals surface area contributed by atoms with Gasteiger partial charge >= 0.3 is 6.18 Å². The average molecular weight is 433 g/mol. The van der Waals surface area contributed by atoms with Gasteiger partial charge in [-0.25, -0.2) is 0 Å². The van der Waals surface area contributed by atoms with E-state index in [9.17, 15) is 18.0 Å². The first kappa shape index (κ1) is 21.0. The van der Waals surface area contributed by atoms with Gasteiger partial charge in [0.15, 0.2) is 5.65 Å². The number of nitrogens with zero attached hydrogens (tertiary/aromatic N) is 7. The van der Waals surface area contributed by atoms with Crippen molar-refractivity contribution in [2.45, 2.75) is 38.9 Å². The van der Waals surface area contributed by atoms with Crippen LogP contribution in [0, 0.1) is 5.92 Å². The summed E-state index contributed by atoms with van der Waals surface area (Å²) in [5.74, 6) is -0.900. The average Bonchev–Trinajstić information content (AvgIpc) is 3.18. The molecule has 0 aromatic carbocycles. The maximum atomic E-state index is 13.2. The van der Waals surface area contributed by atoms with Gasteiger partial charge in [0.2, 0.25) is 5.91 Å². The van der Waals surface area contributed by atoms with Gasteiger partial charge in [-0.05, 0) is 51.0 Å². The highest BCUT2D eigenvalue weighted by molar-refractivity contribution is 5.95. The summed E-state index contributed by atoms with van der Waals surface area (Å²) in [6, 6.07) is 6.72. The largest absolute Gasteiger partial charge is 0.453 e. The molecule has 0 N–H and O–H groups in total. The molecule has 3 aromatic rings. The zero-order valence-corrected chi connectivity index (χ0v) is 17.1. The first-order valence-corrected chi connectivity index (χ1v) is 10.0. The lowest BCUT2D eigenvalue weighted by molar-refractivity contribution is -0.146. The number of piperidine rings is 1. The van der Waals surface area contributed by atoms with Crippen molar-refractivity contribution in [2.24, 2.45) is 5.92 Å². The Morgan fingerprint density at radius 2 is 1.90 bits per heavy atom. The highest BCUT2D eigenvalue weighted by atomic mass is 19.4. The van der Waals surface area contributed by atoms with E-state index in [2.05, 4.69) is 20.3 Å². The van der Waals surface area contributed by atoms with Crippen LogP contribution in [0.15, 0.2) is 36.7 Å². The fourth-order valence-corrected chi connectivity index (χ4v) is 3.85. The number of amides is 1. The topological polar surface area (TPSA) is 79.5 Å². The van der Waals surface area contributed by atoms with Crippen LogP contribution < -0.4 is 9.80 Å². The van der Waals surface area contributed by atoms with Gasteiger partial charge in [0.25, 0.3) is 5.82 Å². The van der Waals surface area contributed by atoms with Crippen molar-refractivity contribution >= 4 is 23.1 Å². The van der Waals surface area contributed by atoms with Crippen LogP contribution in [0.3, 0.4) is 0 Å². The summed E-state index contributed by atoms with van der Waals surface area (Å²) in [6.07, 6.45) is -0.151. The summed E-state index contributed by atoms with van der Waals surface area (Å²) < 4.78 is 40.1. The fraction of sp³-hybridized carbons (Fsp3) is 0.450. The molecule has 0 spiro atoms. The van der Waals surface area contributed by atoms with E-state index in [1.165, 1.54) is 6.07 Å². The lowest BCUT2D eigenvalue weighted by Gasteiger charge is -2.36. The minimum atomic E-state index is -4.64. The van der Waals surface area contributed by atoms with Crippen molar-refractivity contribution in [1.29, 1.82) is 0 Å². The van der Waals surface area contributed by atoms with Gasteiger partial charge in [0.1, 0.15) is 5.82 Å². The molecule has 0 unspecified atom stereocenters. The molecule has 0 saturated carbocycles. The highest BCUT2D eigenvalue weighted by Gasteiger charge is 2.38. The Bertz CT molecular complexity index is 1060. The normalized spacial score (nSPS) is 15.6. The van der Waals surface area contributed by atoms with Crippen molar-refractivity contribution in [2.75, 3.05) is 22.9 Å². The number of rotatable bonds is 4. The fourth-order valence-electron chi connectivity index (χ4n) is 3.85. The molecule has 4 heterocycles. The molecule has 4 rings (SSSR count). The van der Waals surface area contributed by atoms with Gasteiger partial charge in [-0.2, -0.15) is 17.7 Å². The van der Waals surface area contributed by atoms with Gasteiger partial charge in [-0.1, -0.05) is 0 Å². The molecular formula is C20H22F3N7O. The van der Waals surface area contributed by atoms with Crippen LogP contribution in [-0.4, -0.2) is 49.8 Å². The van der Waals surface area contributed by atoms with Crippen LogP contribution in [-0.2, 0) is 11.0 Å². The monoisotopic (exact) mass is 433 g/mol. The number of carbonyl (C=O) groups is 1. The second kappa shape index (κ2) is 8.12. The number of pyridine rings is 1. The van der Waals surface area contributed by atoms with Gasteiger partial charge in [0, 0.05) is 31.2 Å². The van der Waals surface area contributed by atoms with Crippen LogP contribution >= 0.6 is 0 Å². The number of halogens is 3. The lowest BCUT2D eigenvalue weighted by Crippen LogP contribution is -2.45. The summed E-state index contributed by atoms with van der Waals surface area (Å²) in [7, 11) is 0. The van der Waals surface area contributed by atoms with Crippen molar-refractivity contribution in [3.05, 3.63) is 42.5 Å². The number of alkyl halides is 3. The third kappa shape index (κ3) is 4.17. The van der Waals surface area contributed by atoms with Crippen LogP contribution in [0.5, 0.6) is 0 Å². The molecule has 164 valence electrons. The standard InChI is InChI=1S/C20H22F3N7O/c1-13(2)29(15-4-3-9-24-12-15)18(31)14-7-10-28(11-8-14)17-6-5-16-25-26-19(20(21,22)23)30(16)27-17/h3-6,9,12-14H,7-8,10-11H2,1-2H3. The molecule has 0 aliphatic carbocycles. The molecule has 0 radical (unpaired) electrons. The summed E-state index contributed by atoms with van der Waals surface area (Å²) in [5, 5.41) is 10.8.